The lowest BCUT2D eigenvalue weighted by Gasteiger charge is -2.46. The highest BCUT2D eigenvalue weighted by molar-refractivity contribution is 6.01. The van der Waals surface area contributed by atoms with Gasteiger partial charge in [0.15, 0.2) is 11.9 Å². The smallest absolute Gasteiger partial charge is 0.411 e. The number of nitrogens with zero attached hydrogens (tertiary/aromatic N) is 5. The summed E-state index contributed by atoms with van der Waals surface area (Å²) in [5.74, 6) is -7.41. The van der Waals surface area contributed by atoms with Crippen molar-refractivity contribution < 1.29 is 149 Å². The molecule has 1 spiro atoms. The van der Waals surface area contributed by atoms with Gasteiger partial charge in [-0.2, -0.15) is 15.4 Å². The van der Waals surface area contributed by atoms with Crippen LogP contribution in [0.4, 0.5) is 16.2 Å². The number of carbonyl (C=O) groups is 11. The van der Waals surface area contributed by atoms with Crippen LogP contribution in [0, 0.1) is 22.7 Å². The number of H-pyrrole nitrogens is 1. The van der Waals surface area contributed by atoms with Gasteiger partial charge in [-0.05, 0) is 129 Å². The number of amides is 8. The molecule has 5 aromatic rings. The predicted octanol–water partition coefficient (Wildman–Crippen LogP) is 5.70. The number of piperidine rings is 1. The Balaban J connectivity index is 0.746. The largest absolute Gasteiger partial charge is 0.479 e. The zero-order chi connectivity index (χ0) is 109. The van der Waals surface area contributed by atoms with Gasteiger partial charge in [0.05, 0.1) is 182 Å². The van der Waals surface area contributed by atoms with E-state index in [2.05, 4.69) is 47.3 Å². The summed E-state index contributed by atoms with van der Waals surface area (Å²) in [7, 11) is 4.79. The van der Waals surface area contributed by atoms with E-state index in [1.807, 2.05) is 67.3 Å². The molecule has 1 aromatic heterocycles. The molecule has 1 unspecified atom stereocenters. The minimum absolute atomic E-state index is 0.00679. The number of benzene rings is 4. The minimum Gasteiger partial charge on any atom is -0.479 e. The van der Waals surface area contributed by atoms with Crippen LogP contribution in [0.3, 0.4) is 0 Å². The number of carboxylic acid groups (broad SMARTS) is 2. The standard InChI is InChI=1S/C106H157N13O31/c1-69(2)80(63-70(3)100(131)132)117(10)99(130)95(104(4,5)6)113-98(129)94(108-9)105(7,8)75-20-18-21-76(65-75)111-103(135)148-68-71-27-28-82(149-102-92(126)90(124)91(125)93(150-102)101(133)134)74(64-71)66-110-83(121)31-37-109-97(128)89(86(107)81(120)32-40-137-43-44-139-47-48-141-51-52-143-55-56-145-59-60-147-62-61-146-58-57-144-54-53-142-50-49-140-46-45-138-42-41-136-11)112-96(127)72-29-33-106(34-30-72)35-38-118(39-36-106)84(122)25-16-17-26-85(123)119-67-73-19-12-13-22-77(73)87-88(115-116-114-87)78-23-14-15-24-79(78)119/h12-15,18-24,27-28,63-65,69,72,80,86,89-95,102,108,124-126H,16-17,25-26,29-62,66-68,107H2,1-11H3,(H,109,128)(H,110,121)(H,111,135)(H,112,127)(H,113,129)(H,131,132)(H,133,134)(H,114,115,116)/b70-63+/t80-,86?,89+,90+,91+,92-,93+,94-,95-,102-/m1/s1. The van der Waals surface area contributed by atoms with Crippen LogP contribution < -0.4 is 47.3 Å². The van der Waals surface area contributed by atoms with Crippen molar-refractivity contribution in [3.8, 4) is 28.3 Å². The molecule has 3 fully saturated rings. The molecule has 1 aliphatic carbocycles. The molecule has 0 bridgehead atoms. The predicted molar refractivity (Wildman–Crippen MR) is 549 cm³/mol. The zero-order valence-corrected chi connectivity index (χ0v) is 88.3. The SMILES string of the molecule is CN[C@H](C(=O)N[C@H](C(=O)N(C)[C@H](/C=C(\C)C(=O)O)C(C)C)C(C)(C)C)C(C)(C)c1cccc(NC(=O)OCc2ccc(O[C@@H]3O[C@H](C(=O)O)[C@@H](O)[C@H](O)[C@H]3O)c(CNC(=O)CCNC(=O)[C@@H](NC(=O)C3CCC4(CC3)CCN(C(=O)CCCCC(=O)N3Cc5ccccc5-c5n[nH]nc5-c5ccccc53)CC4)C(N)C(=O)CCOCCOCCOCCOCCOCCOCCOCCOCCOCCOCCOCCOC)c2)c1. The fraction of sp³-hybridized carbons (Fsp3) is 0.632. The van der Waals surface area contributed by atoms with Crippen molar-refractivity contribution in [2.75, 3.05) is 203 Å². The van der Waals surface area contributed by atoms with Gasteiger partial charge in [0.25, 0.3) is 0 Å². The topological polar surface area (TPSA) is 577 Å². The van der Waals surface area contributed by atoms with Crippen molar-refractivity contribution in [3.63, 3.8) is 0 Å². The summed E-state index contributed by atoms with van der Waals surface area (Å²) in [6.45, 7) is 22.9. The summed E-state index contributed by atoms with van der Waals surface area (Å²) >= 11 is 0. The Morgan fingerprint density at radius 2 is 1.13 bits per heavy atom. The number of hydrogen-bond acceptors (Lipinski definition) is 33. The summed E-state index contributed by atoms with van der Waals surface area (Å²) in [5.41, 5.74) is 10.7. The highest BCUT2D eigenvalue weighted by Gasteiger charge is 2.50. The first-order valence-corrected chi connectivity index (χ1v) is 51.5. The Morgan fingerprint density at radius 1 is 0.600 bits per heavy atom. The number of para-hydroxylation sites is 1. The van der Waals surface area contributed by atoms with Gasteiger partial charge in [0.1, 0.15) is 54.1 Å². The Morgan fingerprint density at radius 3 is 1.67 bits per heavy atom. The first-order valence-electron chi connectivity index (χ1n) is 51.5. The number of nitrogens with one attached hydrogen (secondary N) is 7. The maximum absolute atomic E-state index is 14.5. The number of aromatic nitrogens is 3. The maximum Gasteiger partial charge on any atom is 0.411 e. The zero-order valence-electron chi connectivity index (χ0n) is 88.3. The second-order valence-electron chi connectivity index (χ2n) is 39.5. The fourth-order valence-electron chi connectivity index (χ4n) is 18.0. The lowest BCUT2D eigenvalue weighted by Crippen LogP contribution is -2.61. The Labute approximate surface area is 876 Å². The molecule has 2 saturated heterocycles. The van der Waals surface area contributed by atoms with Crippen LogP contribution >= 0.6 is 0 Å². The van der Waals surface area contributed by atoms with Crippen molar-refractivity contribution in [2.45, 2.75) is 218 Å². The molecule has 1 saturated carbocycles. The highest BCUT2D eigenvalue weighted by atomic mass is 16.7. The average molecular weight is 2110 g/mol. The summed E-state index contributed by atoms with van der Waals surface area (Å²) in [5, 5.41) is 80.4. The van der Waals surface area contributed by atoms with E-state index in [-0.39, 0.29) is 111 Å². The second-order valence-corrected chi connectivity index (χ2v) is 39.5. The average Bonchev–Trinajstić information content (AvgIpc) is 1.53. The van der Waals surface area contributed by atoms with Gasteiger partial charge in [-0.25, -0.2) is 14.4 Å². The van der Waals surface area contributed by atoms with Crippen molar-refractivity contribution in [1.82, 2.24) is 51.8 Å². The Bertz CT molecular complexity index is 5100. The van der Waals surface area contributed by atoms with Gasteiger partial charge in [0.2, 0.25) is 47.6 Å². The lowest BCUT2D eigenvalue weighted by molar-refractivity contribution is -0.271. The van der Waals surface area contributed by atoms with Crippen LogP contribution in [0.15, 0.2) is 103 Å². The molecule has 832 valence electrons. The van der Waals surface area contributed by atoms with E-state index < -0.39 is 144 Å². The number of unbranched alkanes of at least 4 members (excludes halogenated alkanes) is 1. The Kier molecular flexibility index (Phi) is 51.9. The van der Waals surface area contributed by atoms with Crippen LogP contribution in [0.1, 0.15) is 155 Å². The molecular weight excluding hydrogens is 1950 g/mol. The number of likely N-dealkylation sites (tertiary alicyclic amines) is 1. The van der Waals surface area contributed by atoms with Gasteiger partial charge >= 0.3 is 18.0 Å². The molecule has 0 radical (unpaired) electrons. The van der Waals surface area contributed by atoms with Crippen LogP contribution in [0.2, 0.25) is 0 Å². The van der Waals surface area contributed by atoms with Gasteiger partial charge in [0, 0.05) is 105 Å². The third kappa shape index (κ3) is 38.7. The lowest BCUT2D eigenvalue weighted by atomic mass is 9.65. The number of hydrogen-bond donors (Lipinski definition) is 13. The highest BCUT2D eigenvalue weighted by Crippen LogP contribution is 2.47. The number of carboxylic acids is 2. The molecule has 4 heterocycles. The van der Waals surface area contributed by atoms with E-state index in [1.54, 1.807) is 85.0 Å². The van der Waals surface area contributed by atoms with Crippen molar-refractivity contribution in [2.24, 2.45) is 28.4 Å². The minimum atomic E-state index is -2.06. The number of anilines is 2. The molecule has 10 atom stereocenters. The normalized spacial score (nSPS) is 17.8. The second kappa shape index (κ2) is 63.5. The van der Waals surface area contributed by atoms with E-state index in [9.17, 15) is 78.3 Å². The van der Waals surface area contributed by atoms with Gasteiger partial charge in [-0.3, -0.25) is 43.7 Å². The van der Waals surface area contributed by atoms with Crippen molar-refractivity contribution in [3.05, 3.63) is 125 Å². The van der Waals surface area contributed by atoms with E-state index >= 15 is 0 Å². The molecule has 14 N–H and O–H groups in total. The number of aliphatic carboxylic acids is 2. The molecule has 9 rings (SSSR count). The van der Waals surface area contributed by atoms with Crippen LogP contribution in [0.5, 0.6) is 5.75 Å². The monoisotopic (exact) mass is 2110 g/mol. The molecule has 8 amide bonds. The number of ether oxygens (including phenoxy) is 15. The number of ketones is 1. The third-order valence-corrected chi connectivity index (χ3v) is 26.9. The molecular formula is C106H157N13O31. The van der Waals surface area contributed by atoms with Crippen LogP contribution in [-0.4, -0.2) is 370 Å². The fourth-order valence-corrected chi connectivity index (χ4v) is 18.0. The quantitative estimate of drug-likeness (QED) is 0.0164. The summed E-state index contributed by atoms with van der Waals surface area (Å²) < 4.78 is 83.1. The van der Waals surface area contributed by atoms with Gasteiger partial charge < -0.3 is 144 Å². The van der Waals surface area contributed by atoms with Crippen molar-refractivity contribution >= 4 is 76.5 Å². The van der Waals surface area contributed by atoms with E-state index in [0.717, 1.165) is 22.4 Å². The number of rotatable bonds is 67. The molecule has 44 heteroatoms. The number of aromatic amines is 1. The molecule has 3 aliphatic heterocycles. The number of aliphatic hydroxyl groups excluding tert-OH is 3. The molecule has 4 aromatic carbocycles. The van der Waals surface area contributed by atoms with Crippen LogP contribution in [0.25, 0.3) is 22.5 Å². The number of fused-ring (bicyclic) bond motifs is 5. The molecule has 150 heavy (non-hydrogen) atoms. The molecule has 4 aliphatic rings. The summed E-state index contributed by atoms with van der Waals surface area (Å²) in [6, 6.07) is 20.5. The first kappa shape index (κ1) is 123. The molecule has 44 nitrogen and oxygen atoms in total. The number of likely N-dealkylation sites (N-methyl/N-ethyl adjacent to an activating group) is 2. The Hall–Kier alpha value is -11.0. The maximum atomic E-state index is 14.5. The summed E-state index contributed by atoms with van der Waals surface area (Å²) in [4.78, 5) is 157. The number of Topliss-reactive ketones (excluding diaryl/α,β-unsaturated/α-hetero) is 1. The number of methoxy groups -OCH3 is 1. The van der Waals surface area contributed by atoms with E-state index in [1.165, 1.54) is 36.1 Å². The van der Waals surface area contributed by atoms with Gasteiger partial charge in [-0.1, -0.05) is 115 Å². The van der Waals surface area contributed by atoms with E-state index in [0.29, 0.717) is 212 Å². The number of nitrogens with two attached hydrogens (primary N) is 1. The number of carbonyl (C=O) groups excluding carboxylic acids is 9. The third-order valence-electron chi connectivity index (χ3n) is 26.9. The van der Waals surface area contributed by atoms with Crippen LogP contribution in [-0.2, 0) is 139 Å². The van der Waals surface area contributed by atoms with Gasteiger partial charge in [-0.15, -0.1) is 0 Å². The summed E-state index contributed by atoms with van der Waals surface area (Å²) in [6.07, 6.45) is -5.03. The van der Waals surface area contributed by atoms with Crippen molar-refractivity contribution in [1.29, 1.82) is 0 Å². The first-order chi connectivity index (χ1) is 72.0. The van der Waals surface area contributed by atoms with E-state index in [4.69, 9.17) is 76.8 Å². The number of aliphatic hydroxyl groups is 3.